The van der Waals surface area contributed by atoms with Gasteiger partial charge >= 0.3 is 6.18 Å². The van der Waals surface area contributed by atoms with Gasteiger partial charge in [-0.3, -0.25) is 0 Å². The third kappa shape index (κ3) is 3.10. The first-order chi connectivity index (χ1) is 9.66. The third-order valence-corrected chi connectivity index (χ3v) is 4.75. The molecule has 3 atom stereocenters. The van der Waals surface area contributed by atoms with Crippen molar-refractivity contribution in [3.63, 3.8) is 0 Å². The van der Waals surface area contributed by atoms with Crippen molar-refractivity contribution in [3.05, 3.63) is 35.4 Å². The first kappa shape index (κ1) is 16.3. The van der Waals surface area contributed by atoms with Crippen LogP contribution in [0.3, 0.4) is 0 Å². The van der Waals surface area contributed by atoms with Crippen LogP contribution in [0, 0.1) is 17.8 Å². The maximum absolute atomic E-state index is 13.3. The number of aliphatic hydroxyl groups is 1. The molecule has 1 aromatic carbocycles. The molecule has 1 aliphatic rings. The molecule has 3 unspecified atom stereocenters. The molecule has 1 aliphatic carbocycles. The van der Waals surface area contributed by atoms with E-state index in [0.29, 0.717) is 6.42 Å². The Bertz CT molecular complexity index is 495. The second-order valence-corrected chi connectivity index (χ2v) is 6.70. The fourth-order valence-electron chi connectivity index (χ4n) is 3.79. The molecular formula is C17H23F3O. The fraction of sp³-hybridized carbons (Fsp3) is 0.647. The molecule has 1 nitrogen and oxygen atoms in total. The molecule has 1 aromatic rings. The van der Waals surface area contributed by atoms with E-state index in [0.717, 1.165) is 18.9 Å². The van der Waals surface area contributed by atoms with E-state index in [-0.39, 0.29) is 23.3 Å². The van der Waals surface area contributed by atoms with Gasteiger partial charge in [-0.25, -0.2) is 0 Å². The summed E-state index contributed by atoms with van der Waals surface area (Å²) in [6.45, 7) is 5.95. The maximum Gasteiger partial charge on any atom is 0.416 e. The molecule has 0 aliphatic heterocycles. The van der Waals surface area contributed by atoms with Crippen LogP contribution in [0.1, 0.15) is 51.2 Å². The van der Waals surface area contributed by atoms with Gasteiger partial charge in [-0.05, 0) is 42.2 Å². The summed E-state index contributed by atoms with van der Waals surface area (Å²) in [6, 6.07) is 5.48. The fourth-order valence-corrected chi connectivity index (χ4v) is 3.79. The standard InChI is InChI=1S/C17H23F3O/c1-11(2)13-9-8-12(3)10-16(13,21)14-6-4-5-7-15(14)17(18,19)20/h4-7,11-13,21H,8-10H2,1-3H3. The summed E-state index contributed by atoms with van der Waals surface area (Å²) in [7, 11) is 0. The van der Waals surface area contributed by atoms with Crippen molar-refractivity contribution in [1.82, 2.24) is 0 Å². The molecule has 0 saturated heterocycles. The Morgan fingerprint density at radius 2 is 1.81 bits per heavy atom. The van der Waals surface area contributed by atoms with Crippen molar-refractivity contribution in [2.24, 2.45) is 17.8 Å². The van der Waals surface area contributed by atoms with Crippen LogP contribution in [0.5, 0.6) is 0 Å². The molecule has 0 radical (unpaired) electrons. The van der Waals surface area contributed by atoms with Crippen molar-refractivity contribution < 1.29 is 18.3 Å². The Morgan fingerprint density at radius 1 is 1.19 bits per heavy atom. The van der Waals surface area contributed by atoms with Gasteiger partial charge in [-0.2, -0.15) is 13.2 Å². The zero-order chi connectivity index (χ0) is 15.8. The van der Waals surface area contributed by atoms with E-state index in [1.54, 1.807) is 6.07 Å². The molecule has 0 heterocycles. The second-order valence-electron chi connectivity index (χ2n) is 6.70. The Labute approximate surface area is 124 Å². The molecule has 0 spiro atoms. The lowest BCUT2D eigenvalue weighted by Gasteiger charge is -2.46. The normalized spacial score (nSPS) is 30.7. The summed E-state index contributed by atoms with van der Waals surface area (Å²) in [5.74, 6) is 0.229. The zero-order valence-corrected chi connectivity index (χ0v) is 12.7. The van der Waals surface area contributed by atoms with Gasteiger partial charge in [0.05, 0.1) is 11.2 Å². The van der Waals surface area contributed by atoms with Gasteiger partial charge in [0.1, 0.15) is 0 Å². The van der Waals surface area contributed by atoms with Crippen molar-refractivity contribution >= 4 is 0 Å². The first-order valence-corrected chi connectivity index (χ1v) is 7.55. The SMILES string of the molecule is CC1CCC(C(C)C)C(O)(c2ccccc2C(F)(F)F)C1. The van der Waals surface area contributed by atoms with Crippen LogP contribution in [-0.2, 0) is 11.8 Å². The van der Waals surface area contributed by atoms with Crippen LogP contribution in [0.25, 0.3) is 0 Å². The van der Waals surface area contributed by atoms with Crippen molar-refractivity contribution in [1.29, 1.82) is 0 Å². The maximum atomic E-state index is 13.3. The topological polar surface area (TPSA) is 20.2 Å². The Hall–Kier alpha value is -1.03. The summed E-state index contributed by atoms with van der Waals surface area (Å²) in [4.78, 5) is 0. The number of hydrogen-bond donors (Lipinski definition) is 1. The number of halogens is 3. The van der Waals surface area contributed by atoms with Crippen LogP contribution in [0.4, 0.5) is 13.2 Å². The van der Waals surface area contributed by atoms with Crippen molar-refractivity contribution in [3.8, 4) is 0 Å². The van der Waals surface area contributed by atoms with E-state index in [1.807, 2.05) is 20.8 Å². The van der Waals surface area contributed by atoms with Gasteiger partial charge in [0, 0.05) is 0 Å². The average molecular weight is 300 g/mol. The predicted octanol–water partition coefficient (Wildman–Crippen LogP) is 4.99. The lowest BCUT2D eigenvalue weighted by atomic mass is 9.63. The minimum absolute atomic E-state index is 0.0442. The average Bonchev–Trinajstić information content (AvgIpc) is 2.37. The molecule has 4 heteroatoms. The van der Waals surface area contributed by atoms with E-state index in [4.69, 9.17) is 0 Å². The molecule has 0 aromatic heterocycles. The highest BCUT2D eigenvalue weighted by Gasteiger charge is 2.48. The van der Waals surface area contributed by atoms with E-state index < -0.39 is 17.3 Å². The molecule has 1 fully saturated rings. The third-order valence-electron chi connectivity index (χ3n) is 4.75. The lowest BCUT2D eigenvalue weighted by molar-refractivity contribution is -0.145. The zero-order valence-electron chi connectivity index (χ0n) is 12.7. The van der Waals surface area contributed by atoms with Crippen LogP contribution in [-0.4, -0.2) is 5.11 Å². The summed E-state index contributed by atoms with van der Waals surface area (Å²) in [5, 5.41) is 11.2. The van der Waals surface area contributed by atoms with E-state index in [9.17, 15) is 18.3 Å². The van der Waals surface area contributed by atoms with Gasteiger partial charge in [0.15, 0.2) is 0 Å². The number of alkyl halides is 3. The van der Waals surface area contributed by atoms with Gasteiger partial charge in [0.25, 0.3) is 0 Å². The van der Waals surface area contributed by atoms with E-state index in [2.05, 4.69) is 0 Å². The number of benzene rings is 1. The highest BCUT2D eigenvalue weighted by Crippen LogP contribution is 2.50. The second kappa shape index (κ2) is 5.64. The molecule has 1 saturated carbocycles. The summed E-state index contributed by atoms with van der Waals surface area (Å²) >= 11 is 0. The Balaban J connectivity index is 2.55. The highest BCUT2D eigenvalue weighted by atomic mass is 19.4. The van der Waals surface area contributed by atoms with Crippen LogP contribution >= 0.6 is 0 Å². The summed E-state index contributed by atoms with van der Waals surface area (Å²) < 4.78 is 39.9. The summed E-state index contributed by atoms with van der Waals surface area (Å²) in [5.41, 5.74) is -2.05. The largest absolute Gasteiger partial charge is 0.416 e. The van der Waals surface area contributed by atoms with Crippen molar-refractivity contribution in [2.45, 2.75) is 51.8 Å². The Kier molecular flexibility index (Phi) is 4.39. The first-order valence-electron chi connectivity index (χ1n) is 7.55. The summed E-state index contributed by atoms with van der Waals surface area (Å²) in [6.07, 6.45) is -2.32. The van der Waals surface area contributed by atoms with Crippen LogP contribution in [0.2, 0.25) is 0 Å². The van der Waals surface area contributed by atoms with E-state index in [1.165, 1.54) is 12.1 Å². The molecule has 1 N–H and O–H groups in total. The highest BCUT2D eigenvalue weighted by molar-refractivity contribution is 5.35. The molecule has 0 amide bonds. The Morgan fingerprint density at radius 3 is 2.38 bits per heavy atom. The predicted molar refractivity (Wildman–Crippen MR) is 76.7 cm³/mol. The molecule has 2 rings (SSSR count). The van der Waals surface area contributed by atoms with Crippen molar-refractivity contribution in [2.75, 3.05) is 0 Å². The monoisotopic (exact) mass is 300 g/mol. The smallest absolute Gasteiger partial charge is 0.385 e. The number of hydrogen-bond acceptors (Lipinski definition) is 1. The van der Waals surface area contributed by atoms with E-state index >= 15 is 0 Å². The quantitative estimate of drug-likeness (QED) is 0.816. The molecule has 0 bridgehead atoms. The minimum atomic E-state index is -4.44. The lowest BCUT2D eigenvalue weighted by Crippen LogP contribution is -2.44. The molecule has 21 heavy (non-hydrogen) atoms. The molecule has 118 valence electrons. The van der Waals surface area contributed by atoms with Crippen LogP contribution < -0.4 is 0 Å². The minimum Gasteiger partial charge on any atom is -0.385 e. The van der Waals surface area contributed by atoms with Gasteiger partial charge in [-0.15, -0.1) is 0 Å². The molecular weight excluding hydrogens is 277 g/mol. The van der Waals surface area contributed by atoms with Gasteiger partial charge < -0.3 is 5.11 Å². The van der Waals surface area contributed by atoms with Crippen LogP contribution in [0.15, 0.2) is 24.3 Å². The van der Waals surface area contributed by atoms with Gasteiger partial charge in [0.2, 0.25) is 0 Å². The number of rotatable bonds is 2. The van der Waals surface area contributed by atoms with Gasteiger partial charge in [-0.1, -0.05) is 45.4 Å².